The van der Waals surface area contributed by atoms with E-state index in [2.05, 4.69) is 9.97 Å². The van der Waals surface area contributed by atoms with Crippen LogP contribution < -0.4 is 21.5 Å². The number of aliphatic carboxylic acids is 3. The van der Waals surface area contributed by atoms with Crippen LogP contribution in [-0.2, 0) is 25.7 Å². The third-order valence-corrected chi connectivity index (χ3v) is 7.08. The van der Waals surface area contributed by atoms with E-state index in [0.29, 0.717) is 22.4 Å². The molecule has 14 nitrogen and oxygen atoms in total. The van der Waals surface area contributed by atoms with Crippen LogP contribution in [0.2, 0.25) is 0 Å². The van der Waals surface area contributed by atoms with Crippen molar-refractivity contribution in [3.05, 3.63) is 69.0 Å². The van der Waals surface area contributed by atoms with Crippen molar-refractivity contribution in [2.75, 3.05) is 11.9 Å². The van der Waals surface area contributed by atoms with Crippen LogP contribution in [0.15, 0.2) is 35.1 Å². The number of carbonyl (C=O) groups is 5. The molecule has 1 heterocycles. The number of hydrogen-bond acceptors (Lipinski definition) is 9. The molecule has 44 heavy (non-hydrogen) atoms. The first-order chi connectivity index (χ1) is 20.6. The topological polar surface area (TPSA) is 233 Å². The van der Waals surface area contributed by atoms with Gasteiger partial charge in [0.25, 0.3) is 11.5 Å². The lowest BCUT2D eigenvalue weighted by molar-refractivity contribution is -0.148. The number of benzene rings is 2. The molecule has 1 unspecified atom stereocenters. The zero-order chi connectivity index (χ0) is 32.9. The van der Waals surface area contributed by atoms with Crippen molar-refractivity contribution in [2.45, 2.75) is 51.7 Å². The van der Waals surface area contributed by atoms with Gasteiger partial charge in [-0.2, -0.15) is 0 Å². The lowest BCUT2D eigenvalue weighted by Gasteiger charge is -2.22. The number of anilines is 1. The maximum absolute atomic E-state index is 15.1. The third-order valence-electron chi connectivity index (χ3n) is 7.08. The number of carboxylic acid groups (broad SMARTS) is 3. The van der Waals surface area contributed by atoms with Crippen molar-refractivity contribution in [1.82, 2.24) is 15.3 Å². The first kappa shape index (κ1) is 33.3. The number of aromatic amines is 1. The standard InChI is InChI=1S/C29H32FN5O9/c1-13-8-22-18(27(40)33-14(2)32-22)9-15(13)12-35(3)16-4-5-17(20(30)10-16)26(39)34-23(29(43)44)11-19(28(41)42)25(38)21(31)6-7-24(36)37/h4-5,8-10,19,21,23H,6-7,11-12,31H2,1-3H3,(H,34,39)(H,36,37)(H,41,42)(H,43,44)(H,32,33,40)/t19?,21-,23-/m0/s1. The number of carbonyl (C=O) groups excluding carboxylic acids is 2. The molecule has 0 fully saturated rings. The summed E-state index contributed by atoms with van der Waals surface area (Å²) in [5.74, 6) is -9.39. The van der Waals surface area contributed by atoms with E-state index >= 15 is 4.39 Å². The van der Waals surface area contributed by atoms with Gasteiger partial charge in [-0.25, -0.2) is 14.2 Å². The van der Waals surface area contributed by atoms with Crippen molar-refractivity contribution in [3.8, 4) is 0 Å². The van der Waals surface area contributed by atoms with Gasteiger partial charge in [-0.05, 0) is 68.1 Å². The third kappa shape index (κ3) is 8.01. The minimum atomic E-state index is -1.96. The van der Waals surface area contributed by atoms with Crippen molar-refractivity contribution in [3.63, 3.8) is 0 Å². The molecule has 1 amide bonds. The van der Waals surface area contributed by atoms with Gasteiger partial charge in [0.05, 0.1) is 22.5 Å². The molecule has 0 saturated carbocycles. The number of fused-ring (bicyclic) bond motifs is 1. The first-order valence-electron chi connectivity index (χ1n) is 13.4. The molecule has 234 valence electrons. The van der Waals surface area contributed by atoms with E-state index in [1.165, 1.54) is 6.07 Å². The van der Waals surface area contributed by atoms with E-state index in [1.807, 2.05) is 12.2 Å². The predicted molar refractivity (Wildman–Crippen MR) is 155 cm³/mol. The van der Waals surface area contributed by atoms with E-state index in [1.54, 1.807) is 31.0 Å². The van der Waals surface area contributed by atoms with Gasteiger partial charge in [-0.1, -0.05) is 0 Å². The fourth-order valence-electron chi connectivity index (χ4n) is 4.61. The number of rotatable bonds is 14. The smallest absolute Gasteiger partial charge is 0.326 e. The Hall–Kier alpha value is -5.18. The van der Waals surface area contributed by atoms with E-state index < -0.39 is 71.8 Å². The second kappa shape index (κ2) is 13.9. The van der Waals surface area contributed by atoms with E-state index in [0.717, 1.165) is 23.3 Å². The minimum Gasteiger partial charge on any atom is -0.481 e. The van der Waals surface area contributed by atoms with Gasteiger partial charge in [-0.3, -0.25) is 24.0 Å². The molecule has 1 aromatic heterocycles. The summed E-state index contributed by atoms with van der Waals surface area (Å²) in [5, 5.41) is 30.3. The predicted octanol–water partition coefficient (Wildman–Crippen LogP) is 1.35. The summed E-state index contributed by atoms with van der Waals surface area (Å²) in [4.78, 5) is 80.7. The van der Waals surface area contributed by atoms with Crippen LogP contribution in [0.1, 0.15) is 46.6 Å². The highest BCUT2D eigenvalue weighted by Crippen LogP contribution is 2.23. The Balaban J connectivity index is 1.76. The molecular formula is C29H32FN5O9. The van der Waals surface area contributed by atoms with Crippen LogP contribution in [0.5, 0.6) is 0 Å². The van der Waals surface area contributed by atoms with Crippen molar-refractivity contribution in [2.24, 2.45) is 11.7 Å². The van der Waals surface area contributed by atoms with Gasteiger partial charge >= 0.3 is 17.9 Å². The zero-order valence-corrected chi connectivity index (χ0v) is 24.1. The number of hydrogen-bond donors (Lipinski definition) is 6. The second-order valence-electron chi connectivity index (χ2n) is 10.4. The highest BCUT2D eigenvalue weighted by atomic mass is 19.1. The van der Waals surface area contributed by atoms with Crippen molar-refractivity contribution < 1.29 is 43.7 Å². The summed E-state index contributed by atoms with van der Waals surface area (Å²) in [6.07, 6.45) is -1.78. The molecular weight excluding hydrogens is 581 g/mol. The van der Waals surface area contributed by atoms with Crippen molar-refractivity contribution >= 4 is 46.2 Å². The molecule has 3 rings (SSSR count). The Morgan fingerprint density at radius 2 is 1.75 bits per heavy atom. The number of H-pyrrole nitrogens is 1. The maximum atomic E-state index is 15.1. The van der Waals surface area contributed by atoms with Crippen LogP contribution in [-0.4, -0.2) is 74.0 Å². The summed E-state index contributed by atoms with van der Waals surface area (Å²) in [6, 6.07) is 3.70. The van der Waals surface area contributed by atoms with E-state index in [9.17, 15) is 39.0 Å². The number of carboxylic acids is 3. The number of nitrogens with two attached hydrogens (primary N) is 1. The molecule has 0 bridgehead atoms. The molecule has 7 N–H and O–H groups in total. The molecule has 3 atom stereocenters. The molecule has 0 radical (unpaired) electrons. The Kier molecular flexibility index (Phi) is 10.5. The quantitative estimate of drug-likeness (QED) is 0.141. The number of Topliss-reactive ketones (excluding diaryl/α,β-unsaturated/α-hetero) is 1. The molecule has 0 aliphatic carbocycles. The molecule has 0 aliphatic heterocycles. The van der Waals surface area contributed by atoms with Crippen molar-refractivity contribution in [1.29, 1.82) is 0 Å². The van der Waals surface area contributed by atoms with Crippen LogP contribution in [0.3, 0.4) is 0 Å². The average Bonchev–Trinajstić information content (AvgIpc) is 2.93. The monoisotopic (exact) mass is 613 g/mol. The van der Waals surface area contributed by atoms with Gasteiger partial charge < -0.3 is 36.3 Å². The molecule has 2 aromatic carbocycles. The Labute approximate surface area is 249 Å². The van der Waals surface area contributed by atoms with Crippen LogP contribution in [0.4, 0.5) is 10.1 Å². The molecule has 0 saturated heterocycles. The van der Waals surface area contributed by atoms with Crippen LogP contribution in [0, 0.1) is 25.6 Å². The summed E-state index contributed by atoms with van der Waals surface area (Å²) in [5.41, 5.74) is 7.31. The SMILES string of the molecule is Cc1nc2cc(C)c(CN(C)c3ccc(C(=O)N[C@@H](CC(C(=O)O)C(=O)[C@@H](N)CCC(=O)O)C(=O)O)c(F)c3)cc2c(=O)[nH]1. The zero-order valence-electron chi connectivity index (χ0n) is 24.1. The van der Waals surface area contributed by atoms with Crippen LogP contribution in [0.25, 0.3) is 10.9 Å². The van der Waals surface area contributed by atoms with Gasteiger partial charge in [0.1, 0.15) is 23.6 Å². The number of aromatic nitrogens is 2. The number of halogens is 1. The van der Waals surface area contributed by atoms with Gasteiger partial charge in [0.2, 0.25) is 0 Å². The number of nitrogens with one attached hydrogen (secondary N) is 2. The Bertz CT molecular complexity index is 1690. The highest BCUT2D eigenvalue weighted by molar-refractivity contribution is 6.02. The minimum absolute atomic E-state index is 0.264. The fraction of sp³-hybridized carbons (Fsp3) is 0.345. The summed E-state index contributed by atoms with van der Waals surface area (Å²) in [6.45, 7) is 3.79. The largest absolute Gasteiger partial charge is 0.481 e. The first-order valence-corrected chi connectivity index (χ1v) is 13.4. The highest BCUT2D eigenvalue weighted by Gasteiger charge is 2.36. The van der Waals surface area contributed by atoms with Crippen LogP contribution >= 0.6 is 0 Å². The average molecular weight is 614 g/mol. The summed E-state index contributed by atoms with van der Waals surface area (Å²) < 4.78 is 15.1. The number of nitrogens with zero attached hydrogens (tertiary/aromatic N) is 2. The second-order valence-corrected chi connectivity index (χ2v) is 10.4. The van der Waals surface area contributed by atoms with E-state index in [-0.39, 0.29) is 18.5 Å². The van der Waals surface area contributed by atoms with Gasteiger partial charge in [0.15, 0.2) is 5.78 Å². The Morgan fingerprint density at radius 3 is 2.34 bits per heavy atom. The molecule has 0 aliphatic rings. The Morgan fingerprint density at radius 1 is 1.07 bits per heavy atom. The van der Waals surface area contributed by atoms with E-state index in [4.69, 9.17) is 10.8 Å². The lowest BCUT2D eigenvalue weighted by Crippen LogP contribution is -2.47. The number of aryl methyl sites for hydroxylation is 2. The number of ketones is 1. The molecule has 0 spiro atoms. The summed E-state index contributed by atoms with van der Waals surface area (Å²) in [7, 11) is 1.67. The molecule has 3 aromatic rings. The summed E-state index contributed by atoms with van der Waals surface area (Å²) >= 11 is 0. The van der Waals surface area contributed by atoms with Gasteiger partial charge in [0, 0.05) is 25.7 Å². The maximum Gasteiger partial charge on any atom is 0.326 e. The van der Waals surface area contributed by atoms with Gasteiger partial charge in [-0.15, -0.1) is 0 Å². The normalized spacial score (nSPS) is 13.1. The number of amides is 1. The molecule has 15 heteroatoms. The lowest BCUT2D eigenvalue weighted by atomic mass is 9.90. The fourth-order valence-corrected chi connectivity index (χ4v) is 4.61.